The van der Waals surface area contributed by atoms with Gasteiger partial charge in [0, 0.05) is 63.2 Å². The molecule has 0 aliphatic carbocycles. The fourth-order valence-corrected chi connectivity index (χ4v) is 4.91. The summed E-state index contributed by atoms with van der Waals surface area (Å²) in [6, 6.07) is 0. The summed E-state index contributed by atoms with van der Waals surface area (Å²) in [6.45, 7) is 35.6. The maximum Gasteiger partial charge on any atom is 0.137 e. The molecule has 0 aromatic rings. The molecule has 0 atom stereocenters. The van der Waals surface area contributed by atoms with Crippen molar-refractivity contribution >= 4 is 28.9 Å². The Kier molecular flexibility index (Phi) is 45.8. The molecule has 0 aromatic carbocycles. The minimum Gasteiger partial charge on any atom is -0.300 e. The Morgan fingerprint density at radius 2 is 0.736 bits per heavy atom. The molecule has 0 spiro atoms. The molecule has 0 aromatic heterocycles. The lowest BCUT2D eigenvalue weighted by Gasteiger charge is -2.17. The predicted octanol–water partition coefficient (Wildman–Crippen LogP) is 15.1. The van der Waals surface area contributed by atoms with Crippen LogP contribution >= 0.6 is 0 Å². The van der Waals surface area contributed by atoms with Crippen molar-refractivity contribution in [1.29, 1.82) is 0 Å². The number of hydrogen-bond donors (Lipinski definition) is 0. The summed E-state index contributed by atoms with van der Waals surface area (Å²) < 4.78 is 0. The first-order chi connectivity index (χ1) is 24.4. The minimum absolute atomic E-state index is 0.130. The van der Waals surface area contributed by atoms with Crippen molar-refractivity contribution in [3.63, 3.8) is 0 Å². The molecule has 0 saturated carbocycles. The lowest BCUT2D eigenvalue weighted by atomic mass is 9.89. The van der Waals surface area contributed by atoms with Gasteiger partial charge in [-0.15, -0.1) is 0 Å². The van der Waals surface area contributed by atoms with Crippen molar-refractivity contribution in [3.05, 3.63) is 0 Å². The highest BCUT2D eigenvalue weighted by Gasteiger charge is 2.18. The monoisotopic (exact) mass is 753 g/mol. The number of rotatable bonds is 24. The van der Waals surface area contributed by atoms with Crippen LogP contribution in [0.5, 0.6) is 0 Å². The minimum atomic E-state index is -0.130. The molecule has 0 amide bonds. The van der Waals surface area contributed by atoms with Crippen LogP contribution in [0.25, 0.3) is 0 Å². The summed E-state index contributed by atoms with van der Waals surface area (Å²) >= 11 is 0. The molecule has 0 bridgehead atoms. The highest BCUT2D eigenvalue weighted by Crippen LogP contribution is 2.22. The fraction of sp³-hybridized carbons (Fsp3) is 0.896. The van der Waals surface area contributed by atoms with E-state index in [1.165, 1.54) is 44.9 Å². The molecule has 5 nitrogen and oxygen atoms in total. The fourth-order valence-electron chi connectivity index (χ4n) is 4.91. The zero-order chi connectivity index (χ0) is 42.5. The maximum absolute atomic E-state index is 11.0. The third kappa shape index (κ3) is 62.6. The number of carbonyl (C=O) groups excluding carboxylic acids is 5. The van der Waals surface area contributed by atoms with E-state index in [9.17, 15) is 24.0 Å². The average molecular weight is 753 g/mol. The topological polar surface area (TPSA) is 85.3 Å². The van der Waals surface area contributed by atoms with Crippen LogP contribution in [0, 0.1) is 28.6 Å². The smallest absolute Gasteiger partial charge is 0.137 e. The van der Waals surface area contributed by atoms with Crippen LogP contribution in [0.15, 0.2) is 0 Å². The largest absolute Gasteiger partial charge is 0.300 e. The summed E-state index contributed by atoms with van der Waals surface area (Å²) in [5, 5.41) is 0. The molecule has 0 fully saturated rings. The molecule has 318 valence electrons. The molecule has 0 unspecified atom stereocenters. The first kappa shape index (κ1) is 60.6. The molecule has 0 heterocycles. The molecule has 0 aliphatic heterocycles. The van der Waals surface area contributed by atoms with E-state index in [4.69, 9.17) is 0 Å². The van der Waals surface area contributed by atoms with E-state index in [1.807, 2.05) is 48.5 Å². The van der Waals surface area contributed by atoms with Gasteiger partial charge in [0.2, 0.25) is 0 Å². The van der Waals surface area contributed by atoms with Gasteiger partial charge in [-0.05, 0) is 61.7 Å². The van der Waals surface area contributed by atoms with Gasteiger partial charge >= 0.3 is 0 Å². The van der Waals surface area contributed by atoms with E-state index in [2.05, 4.69) is 69.2 Å². The van der Waals surface area contributed by atoms with Crippen LogP contribution in [0.4, 0.5) is 0 Å². The van der Waals surface area contributed by atoms with Crippen molar-refractivity contribution in [2.75, 3.05) is 0 Å². The van der Waals surface area contributed by atoms with E-state index in [1.54, 1.807) is 0 Å². The Bertz CT molecular complexity index is 867. The van der Waals surface area contributed by atoms with E-state index >= 15 is 0 Å². The van der Waals surface area contributed by atoms with Gasteiger partial charge in [0.15, 0.2) is 0 Å². The van der Waals surface area contributed by atoms with Crippen LogP contribution in [0.1, 0.15) is 253 Å². The average Bonchev–Trinajstić information content (AvgIpc) is 3.05. The maximum atomic E-state index is 11.0. The highest BCUT2D eigenvalue weighted by molar-refractivity contribution is 5.83. The van der Waals surface area contributed by atoms with Crippen molar-refractivity contribution in [3.8, 4) is 0 Å². The predicted molar refractivity (Wildman–Crippen MR) is 234 cm³/mol. The zero-order valence-corrected chi connectivity index (χ0v) is 39.1. The second-order valence-corrected chi connectivity index (χ2v) is 18.3. The summed E-state index contributed by atoms with van der Waals surface area (Å²) in [4.78, 5) is 54.5. The third-order valence-electron chi connectivity index (χ3n) is 8.71. The summed E-state index contributed by atoms with van der Waals surface area (Å²) in [5.41, 5.74) is 0.323. The first-order valence-electron chi connectivity index (χ1n) is 22.0. The quantitative estimate of drug-likeness (QED) is 0.0916. The molecule has 0 saturated heterocycles. The molecular formula is C48H96O5. The standard InChI is InChI=1S/C12H24O.2C10H20O.C9H18O.C7H14O/c1-5-11(13)9-7-6-8-10-12(2,3)4;1-4-10(11)8-6-5-7-9(2)3;1-4-6-10(11)8-5-7-9(2)3;1-4-9(10)7-5-6-8(2)3;1-5-6(8)7(2,3)4/h5-10H2,1-4H3;2*9H,4-8H2,1-3H3;8H,4-7H2,1-3H3;5H2,1-4H3. The molecular weight excluding hydrogens is 657 g/mol. The van der Waals surface area contributed by atoms with Gasteiger partial charge in [0.05, 0.1) is 0 Å². The number of ketones is 5. The third-order valence-corrected chi connectivity index (χ3v) is 8.71. The second kappa shape index (κ2) is 40.0. The first-order valence-corrected chi connectivity index (χ1v) is 22.0. The summed E-state index contributed by atoms with van der Waals surface area (Å²) in [5.74, 6) is 4.26. The molecule has 53 heavy (non-hydrogen) atoms. The molecule has 0 rings (SSSR count). The van der Waals surface area contributed by atoms with E-state index in [0.29, 0.717) is 60.0 Å². The Morgan fingerprint density at radius 1 is 0.396 bits per heavy atom. The molecule has 0 N–H and O–H groups in total. The SMILES string of the molecule is CCC(=O)C(C)(C)C.CCC(=O)CCCC(C)C.CCC(=O)CCCCC(C)C.CCC(=O)CCCCCC(C)(C)C.CCCC(=O)CCCC(C)C. The Morgan fingerprint density at radius 3 is 1.02 bits per heavy atom. The Labute approximate surface area is 333 Å². The van der Waals surface area contributed by atoms with Crippen LogP contribution in [-0.4, -0.2) is 28.9 Å². The normalized spacial score (nSPS) is 10.9. The lowest BCUT2D eigenvalue weighted by Crippen LogP contribution is -2.18. The van der Waals surface area contributed by atoms with Gasteiger partial charge in [0.1, 0.15) is 28.9 Å². The second-order valence-electron chi connectivity index (χ2n) is 18.3. The number of carbonyl (C=O) groups is 5. The van der Waals surface area contributed by atoms with Crippen molar-refractivity contribution < 1.29 is 24.0 Å². The number of hydrogen-bond acceptors (Lipinski definition) is 5. The van der Waals surface area contributed by atoms with Crippen LogP contribution in [0.3, 0.4) is 0 Å². The van der Waals surface area contributed by atoms with E-state index in [-0.39, 0.29) is 5.41 Å². The highest BCUT2D eigenvalue weighted by atomic mass is 16.1. The molecule has 0 radical (unpaired) electrons. The summed E-state index contributed by atoms with van der Waals surface area (Å²) in [7, 11) is 0. The summed E-state index contributed by atoms with van der Waals surface area (Å²) in [6.07, 6.45) is 20.7. The van der Waals surface area contributed by atoms with Gasteiger partial charge in [-0.1, -0.05) is 156 Å². The van der Waals surface area contributed by atoms with Gasteiger partial charge in [-0.3, -0.25) is 24.0 Å². The van der Waals surface area contributed by atoms with Crippen molar-refractivity contribution in [2.24, 2.45) is 28.6 Å². The van der Waals surface area contributed by atoms with E-state index < -0.39 is 0 Å². The van der Waals surface area contributed by atoms with Crippen LogP contribution in [-0.2, 0) is 24.0 Å². The van der Waals surface area contributed by atoms with E-state index in [0.717, 1.165) is 82.0 Å². The Hall–Kier alpha value is -1.65. The number of Topliss-reactive ketones (excluding diaryl/α,β-unsaturated/α-hetero) is 5. The van der Waals surface area contributed by atoms with Crippen molar-refractivity contribution in [2.45, 2.75) is 253 Å². The number of unbranched alkanes of at least 4 members (excludes halogenated alkanes) is 3. The molecule has 5 heteroatoms. The zero-order valence-electron chi connectivity index (χ0n) is 39.1. The Balaban J connectivity index is -0.000000183. The van der Waals surface area contributed by atoms with Gasteiger partial charge < -0.3 is 0 Å². The van der Waals surface area contributed by atoms with Crippen molar-refractivity contribution in [1.82, 2.24) is 0 Å². The van der Waals surface area contributed by atoms with Gasteiger partial charge in [0.25, 0.3) is 0 Å². The van der Waals surface area contributed by atoms with Crippen LogP contribution < -0.4 is 0 Å². The van der Waals surface area contributed by atoms with Crippen LogP contribution in [0.2, 0.25) is 0 Å². The van der Waals surface area contributed by atoms with Gasteiger partial charge in [-0.2, -0.15) is 0 Å². The molecule has 0 aliphatic rings. The lowest BCUT2D eigenvalue weighted by molar-refractivity contribution is -0.126. The van der Waals surface area contributed by atoms with Gasteiger partial charge in [-0.25, -0.2) is 0 Å².